The van der Waals surface area contributed by atoms with Gasteiger partial charge in [0.2, 0.25) is 0 Å². The predicted octanol–water partition coefficient (Wildman–Crippen LogP) is 10.9. The van der Waals surface area contributed by atoms with Crippen molar-refractivity contribution in [2.75, 3.05) is 0 Å². The van der Waals surface area contributed by atoms with Crippen LogP contribution >= 0.6 is 11.3 Å². The highest BCUT2D eigenvalue weighted by Crippen LogP contribution is 2.46. The van der Waals surface area contributed by atoms with Crippen LogP contribution in [0.1, 0.15) is 17.5 Å². The SMILES string of the molecule is Oc1ccc2sc3ccc(-c4c5c(c(-c6cccc(-c7ccccc7)c6)c6ccccc46)CCC=C5)cc3c2c1. The molecule has 8 rings (SSSR count). The van der Waals surface area contributed by atoms with E-state index in [0.29, 0.717) is 5.75 Å². The highest BCUT2D eigenvalue weighted by Gasteiger charge is 2.22. The fourth-order valence-corrected chi connectivity index (χ4v) is 7.50. The Hall–Kier alpha value is -4.66. The van der Waals surface area contributed by atoms with Gasteiger partial charge in [-0.3, -0.25) is 0 Å². The predicted molar refractivity (Wildman–Crippen MR) is 172 cm³/mol. The maximum Gasteiger partial charge on any atom is 0.116 e. The van der Waals surface area contributed by atoms with E-state index in [1.807, 2.05) is 12.1 Å². The van der Waals surface area contributed by atoms with Gasteiger partial charge in [-0.1, -0.05) is 91.0 Å². The topological polar surface area (TPSA) is 20.2 Å². The number of phenolic OH excluding ortho intramolecular Hbond substituents is 1. The van der Waals surface area contributed by atoms with E-state index in [0.717, 1.165) is 18.2 Å². The quantitative estimate of drug-likeness (QED) is 0.241. The first-order valence-corrected chi connectivity index (χ1v) is 14.6. The normalized spacial score (nSPS) is 12.8. The van der Waals surface area contributed by atoms with E-state index in [9.17, 15) is 5.11 Å². The van der Waals surface area contributed by atoms with E-state index in [2.05, 4.69) is 109 Å². The molecule has 6 aromatic carbocycles. The minimum absolute atomic E-state index is 0.311. The molecule has 0 bridgehead atoms. The Morgan fingerprint density at radius 1 is 0.525 bits per heavy atom. The van der Waals surface area contributed by atoms with Crippen LogP contribution in [0.25, 0.3) is 70.4 Å². The first-order valence-electron chi connectivity index (χ1n) is 13.8. The molecule has 190 valence electrons. The molecule has 0 saturated heterocycles. The van der Waals surface area contributed by atoms with Crippen molar-refractivity contribution in [1.82, 2.24) is 0 Å². The van der Waals surface area contributed by atoms with Gasteiger partial charge in [0.1, 0.15) is 5.75 Å². The van der Waals surface area contributed by atoms with E-state index >= 15 is 0 Å². The molecule has 0 saturated carbocycles. The van der Waals surface area contributed by atoms with Crippen LogP contribution in [0.3, 0.4) is 0 Å². The minimum atomic E-state index is 0.311. The zero-order chi connectivity index (χ0) is 26.6. The van der Waals surface area contributed by atoms with Crippen LogP contribution in [-0.4, -0.2) is 5.11 Å². The summed E-state index contributed by atoms with van der Waals surface area (Å²) in [6, 6.07) is 41.1. The number of rotatable bonds is 3. The number of fused-ring (bicyclic) bond motifs is 5. The molecule has 1 aliphatic rings. The fraction of sp³-hybridized carbons (Fsp3) is 0.0526. The van der Waals surface area contributed by atoms with Gasteiger partial charge < -0.3 is 5.11 Å². The highest BCUT2D eigenvalue weighted by molar-refractivity contribution is 7.25. The van der Waals surface area contributed by atoms with Gasteiger partial charge in [0, 0.05) is 20.2 Å². The van der Waals surface area contributed by atoms with Crippen LogP contribution in [0, 0.1) is 0 Å². The first kappa shape index (κ1) is 23.2. The van der Waals surface area contributed by atoms with Gasteiger partial charge in [-0.25, -0.2) is 0 Å². The van der Waals surface area contributed by atoms with Crippen molar-refractivity contribution in [3.8, 4) is 39.1 Å². The molecule has 0 aliphatic heterocycles. The lowest BCUT2D eigenvalue weighted by Gasteiger charge is -2.24. The molecule has 1 N–H and O–H groups in total. The lowest BCUT2D eigenvalue weighted by Crippen LogP contribution is -2.02. The van der Waals surface area contributed by atoms with Crippen molar-refractivity contribution in [3.63, 3.8) is 0 Å². The minimum Gasteiger partial charge on any atom is -0.508 e. The van der Waals surface area contributed by atoms with Gasteiger partial charge in [0.15, 0.2) is 0 Å². The van der Waals surface area contributed by atoms with Gasteiger partial charge in [-0.15, -0.1) is 11.3 Å². The second-order valence-electron chi connectivity index (χ2n) is 10.6. The average Bonchev–Trinajstić information content (AvgIpc) is 3.37. The molecule has 7 aromatic rings. The van der Waals surface area contributed by atoms with Crippen LogP contribution < -0.4 is 0 Å². The third-order valence-electron chi connectivity index (χ3n) is 8.21. The Morgan fingerprint density at radius 2 is 1.20 bits per heavy atom. The van der Waals surface area contributed by atoms with Crippen LogP contribution in [-0.2, 0) is 6.42 Å². The van der Waals surface area contributed by atoms with Gasteiger partial charge in [-0.05, 0) is 105 Å². The molecule has 1 nitrogen and oxygen atoms in total. The molecule has 0 amide bonds. The number of thiophene rings is 1. The van der Waals surface area contributed by atoms with Crippen molar-refractivity contribution in [3.05, 3.63) is 132 Å². The van der Waals surface area contributed by atoms with Crippen LogP contribution in [0.4, 0.5) is 0 Å². The van der Waals surface area contributed by atoms with Crippen molar-refractivity contribution in [2.24, 2.45) is 0 Å². The molecule has 0 unspecified atom stereocenters. The summed E-state index contributed by atoms with van der Waals surface area (Å²) in [4.78, 5) is 0. The molecule has 0 radical (unpaired) electrons. The summed E-state index contributed by atoms with van der Waals surface area (Å²) in [6.07, 6.45) is 6.73. The van der Waals surface area contributed by atoms with Crippen molar-refractivity contribution in [2.45, 2.75) is 12.8 Å². The second kappa shape index (κ2) is 9.22. The van der Waals surface area contributed by atoms with E-state index in [-0.39, 0.29) is 0 Å². The molecule has 0 fully saturated rings. The number of aromatic hydroxyl groups is 1. The number of allylic oxidation sites excluding steroid dienone is 1. The summed E-state index contributed by atoms with van der Waals surface area (Å²) in [6.45, 7) is 0. The average molecular weight is 531 g/mol. The maximum atomic E-state index is 10.2. The van der Waals surface area contributed by atoms with Gasteiger partial charge >= 0.3 is 0 Å². The van der Waals surface area contributed by atoms with Gasteiger partial charge in [0.05, 0.1) is 0 Å². The number of hydrogen-bond donors (Lipinski definition) is 1. The summed E-state index contributed by atoms with van der Waals surface area (Å²) in [5.41, 5.74) is 10.4. The Morgan fingerprint density at radius 3 is 2.05 bits per heavy atom. The fourth-order valence-electron chi connectivity index (χ4n) is 6.43. The molecule has 1 heterocycles. The molecule has 40 heavy (non-hydrogen) atoms. The molecule has 0 atom stereocenters. The highest BCUT2D eigenvalue weighted by atomic mass is 32.1. The zero-order valence-corrected chi connectivity index (χ0v) is 22.7. The third kappa shape index (κ3) is 3.68. The van der Waals surface area contributed by atoms with Crippen LogP contribution in [0.2, 0.25) is 0 Å². The van der Waals surface area contributed by atoms with Crippen molar-refractivity contribution in [1.29, 1.82) is 0 Å². The monoisotopic (exact) mass is 530 g/mol. The Kier molecular flexibility index (Phi) is 5.36. The molecule has 1 aromatic heterocycles. The first-order chi connectivity index (χ1) is 19.7. The lowest BCUT2D eigenvalue weighted by molar-refractivity contribution is 0.476. The Balaban J connectivity index is 1.41. The second-order valence-corrected chi connectivity index (χ2v) is 11.7. The summed E-state index contributed by atoms with van der Waals surface area (Å²) in [7, 11) is 0. The Bertz CT molecular complexity index is 2110. The number of hydrogen-bond acceptors (Lipinski definition) is 2. The summed E-state index contributed by atoms with van der Waals surface area (Å²) in [5.74, 6) is 0.311. The largest absolute Gasteiger partial charge is 0.508 e. The standard InChI is InChI=1S/C38H26OS/c39-28-18-20-36-34(23-28)33-22-27(17-19-35(33)40-36)38-31-15-6-4-13-29(31)37(30-14-5-7-16-32(30)38)26-12-8-11-25(21-26)24-9-2-1-3-10-24/h1-4,6-13,15-23,39H,5,14H2. The maximum absolute atomic E-state index is 10.2. The molecular weight excluding hydrogens is 504 g/mol. The number of phenols is 1. The van der Waals surface area contributed by atoms with Crippen molar-refractivity contribution < 1.29 is 5.11 Å². The van der Waals surface area contributed by atoms with Gasteiger partial charge in [0.25, 0.3) is 0 Å². The Labute approximate surface area is 237 Å². The van der Waals surface area contributed by atoms with E-state index in [1.165, 1.54) is 70.1 Å². The van der Waals surface area contributed by atoms with Crippen molar-refractivity contribution >= 4 is 48.4 Å². The zero-order valence-electron chi connectivity index (χ0n) is 21.9. The molecule has 1 aliphatic carbocycles. The lowest BCUT2D eigenvalue weighted by atomic mass is 9.80. The molecule has 2 heteroatoms. The number of benzene rings is 6. The third-order valence-corrected chi connectivity index (χ3v) is 9.36. The molecule has 0 spiro atoms. The molecular formula is C38H26OS. The summed E-state index contributed by atoms with van der Waals surface area (Å²) < 4.78 is 2.44. The van der Waals surface area contributed by atoms with Crippen LogP contribution in [0.15, 0.2) is 121 Å². The summed E-state index contributed by atoms with van der Waals surface area (Å²) in [5, 5.41) is 15.1. The van der Waals surface area contributed by atoms with E-state index < -0.39 is 0 Å². The van der Waals surface area contributed by atoms with Gasteiger partial charge in [-0.2, -0.15) is 0 Å². The smallest absolute Gasteiger partial charge is 0.116 e. The van der Waals surface area contributed by atoms with E-state index in [1.54, 1.807) is 17.4 Å². The van der Waals surface area contributed by atoms with Crippen LogP contribution in [0.5, 0.6) is 5.75 Å². The summed E-state index contributed by atoms with van der Waals surface area (Å²) >= 11 is 1.78. The van der Waals surface area contributed by atoms with E-state index in [4.69, 9.17) is 0 Å².